The van der Waals surface area contributed by atoms with Crippen molar-refractivity contribution in [1.29, 1.82) is 0 Å². The minimum absolute atomic E-state index is 0.869. The third-order valence-electron chi connectivity index (χ3n) is 2.65. The molecule has 0 unspecified atom stereocenters. The van der Waals surface area contributed by atoms with Crippen LogP contribution in [0.2, 0.25) is 0 Å². The zero-order valence-corrected chi connectivity index (χ0v) is 8.59. The summed E-state index contributed by atoms with van der Waals surface area (Å²) in [5.41, 5.74) is 4.31. The van der Waals surface area contributed by atoms with Crippen LogP contribution in [0.4, 0.5) is 0 Å². The molecule has 0 atom stereocenters. The van der Waals surface area contributed by atoms with E-state index in [4.69, 9.17) is 0 Å². The monoisotopic (exact) mass is 203 g/mol. The van der Waals surface area contributed by atoms with E-state index in [1.54, 1.807) is 0 Å². The van der Waals surface area contributed by atoms with Gasteiger partial charge in [0.1, 0.15) is 5.69 Å². The number of aromatic nitrogens is 4. The molecule has 0 aromatic carbocycles. The van der Waals surface area contributed by atoms with Crippen molar-refractivity contribution in [2.75, 3.05) is 6.54 Å². The first kappa shape index (κ1) is 8.67. The molecule has 5 nitrogen and oxygen atoms in total. The van der Waals surface area contributed by atoms with E-state index in [-0.39, 0.29) is 0 Å². The SMILES string of the molecule is Cc1cc(-c2nc3c([nH]2)CNCC3)n[nH]1. The zero-order chi connectivity index (χ0) is 10.3. The van der Waals surface area contributed by atoms with Gasteiger partial charge < -0.3 is 10.3 Å². The molecule has 0 saturated carbocycles. The van der Waals surface area contributed by atoms with E-state index in [1.807, 2.05) is 13.0 Å². The van der Waals surface area contributed by atoms with Gasteiger partial charge in [-0.15, -0.1) is 0 Å². The molecule has 0 aliphatic carbocycles. The Hall–Kier alpha value is -1.62. The predicted octanol–water partition coefficient (Wildman–Crippen LogP) is 0.754. The standard InChI is InChI=1S/C10H13N5/c1-6-4-8(15-14-6)10-12-7-2-3-11-5-9(7)13-10/h4,11H,2-3,5H2,1H3,(H,12,13)(H,14,15). The van der Waals surface area contributed by atoms with Crippen molar-refractivity contribution in [2.24, 2.45) is 0 Å². The van der Waals surface area contributed by atoms with E-state index in [1.165, 1.54) is 11.4 Å². The fourth-order valence-electron chi connectivity index (χ4n) is 1.88. The van der Waals surface area contributed by atoms with Crippen molar-refractivity contribution in [3.05, 3.63) is 23.1 Å². The average molecular weight is 203 g/mol. The lowest BCUT2D eigenvalue weighted by Crippen LogP contribution is -2.23. The maximum Gasteiger partial charge on any atom is 0.158 e. The summed E-state index contributed by atoms with van der Waals surface area (Å²) in [6.07, 6.45) is 0.995. The Balaban J connectivity index is 2.02. The largest absolute Gasteiger partial charge is 0.339 e. The Morgan fingerprint density at radius 1 is 1.40 bits per heavy atom. The van der Waals surface area contributed by atoms with Crippen molar-refractivity contribution < 1.29 is 0 Å². The lowest BCUT2D eigenvalue weighted by atomic mass is 10.2. The van der Waals surface area contributed by atoms with Crippen molar-refractivity contribution in [3.8, 4) is 11.5 Å². The van der Waals surface area contributed by atoms with Crippen LogP contribution in [0.25, 0.3) is 11.5 Å². The molecule has 0 spiro atoms. The van der Waals surface area contributed by atoms with E-state index in [2.05, 4.69) is 25.5 Å². The third-order valence-corrected chi connectivity index (χ3v) is 2.65. The molecule has 3 rings (SSSR count). The lowest BCUT2D eigenvalue weighted by Gasteiger charge is -2.09. The van der Waals surface area contributed by atoms with Gasteiger partial charge in [-0.05, 0) is 13.0 Å². The molecule has 15 heavy (non-hydrogen) atoms. The van der Waals surface area contributed by atoms with Crippen LogP contribution in [-0.4, -0.2) is 26.7 Å². The first-order chi connectivity index (χ1) is 7.33. The number of H-pyrrole nitrogens is 2. The van der Waals surface area contributed by atoms with E-state index < -0.39 is 0 Å². The Bertz CT molecular complexity index is 458. The molecule has 3 heterocycles. The van der Waals surface area contributed by atoms with Gasteiger partial charge in [0.05, 0.1) is 11.4 Å². The maximum absolute atomic E-state index is 4.56. The Labute approximate surface area is 87.3 Å². The summed E-state index contributed by atoms with van der Waals surface area (Å²) < 4.78 is 0. The molecule has 0 amide bonds. The minimum atomic E-state index is 0.869. The van der Waals surface area contributed by atoms with Crippen LogP contribution in [0.3, 0.4) is 0 Å². The highest BCUT2D eigenvalue weighted by Crippen LogP contribution is 2.18. The summed E-state index contributed by atoms with van der Waals surface area (Å²) in [6, 6.07) is 2.00. The average Bonchev–Trinajstić information content (AvgIpc) is 2.82. The topological polar surface area (TPSA) is 69.4 Å². The normalized spacial score (nSPS) is 15.3. The van der Waals surface area contributed by atoms with Crippen molar-refractivity contribution in [1.82, 2.24) is 25.5 Å². The number of nitrogens with zero attached hydrogens (tertiary/aromatic N) is 2. The minimum Gasteiger partial charge on any atom is -0.339 e. The van der Waals surface area contributed by atoms with Gasteiger partial charge in [-0.1, -0.05) is 0 Å². The first-order valence-corrected chi connectivity index (χ1v) is 5.14. The van der Waals surface area contributed by atoms with E-state index in [0.717, 1.165) is 36.7 Å². The zero-order valence-electron chi connectivity index (χ0n) is 8.59. The number of rotatable bonds is 1. The van der Waals surface area contributed by atoms with Gasteiger partial charge in [0.15, 0.2) is 5.82 Å². The van der Waals surface area contributed by atoms with Gasteiger partial charge in [-0.25, -0.2) is 4.98 Å². The van der Waals surface area contributed by atoms with Gasteiger partial charge in [0.25, 0.3) is 0 Å². The van der Waals surface area contributed by atoms with Crippen LogP contribution < -0.4 is 5.32 Å². The maximum atomic E-state index is 4.56. The third kappa shape index (κ3) is 1.45. The highest BCUT2D eigenvalue weighted by atomic mass is 15.1. The van der Waals surface area contributed by atoms with Crippen LogP contribution >= 0.6 is 0 Å². The Morgan fingerprint density at radius 3 is 3.07 bits per heavy atom. The second kappa shape index (κ2) is 3.20. The number of hydrogen-bond acceptors (Lipinski definition) is 3. The molecule has 2 aromatic rings. The molecule has 0 fully saturated rings. The quantitative estimate of drug-likeness (QED) is 0.640. The fourth-order valence-corrected chi connectivity index (χ4v) is 1.88. The van der Waals surface area contributed by atoms with Crippen LogP contribution in [0.5, 0.6) is 0 Å². The number of imidazole rings is 1. The van der Waals surface area contributed by atoms with Gasteiger partial charge in [0.2, 0.25) is 0 Å². The molecular weight excluding hydrogens is 190 g/mol. The smallest absolute Gasteiger partial charge is 0.158 e. The number of aromatic amines is 2. The van der Waals surface area contributed by atoms with Crippen molar-refractivity contribution in [3.63, 3.8) is 0 Å². The number of hydrogen-bond donors (Lipinski definition) is 3. The molecule has 3 N–H and O–H groups in total. The van der Waals surface area contributed by atoms with Gasteiger partial charge in [0, 0.05) is 25.2 Å². The fraction of sp³-hybridized carbons (Fsp3) is 0.400. The highest BCUT2D eigenvalue weighted by Gasteiger charge is 2.15. The van der Waals surface area contributed by atoms with Crippen molar-refractivity contribution in [2.45, 2.75) is 19.9 Å². The van der Waals surface area contributed by atoms with Crippen LogP contribution in [-0.2, 0) is 13.0 Å². The molecule has 0 bridgehead atoms. The van der Waals surface area contributed by atoms with Gasteiger partial charge >= 0.3 is 0 Å². The summed E-state index contributed by atoms with van der Waals surface area (Å²) in [6.45, 7) is 3.88. The molecule has 78 valence electrons. The molecule has 0 radical (unpaired) electrons. The van der Waals surface area contributed by atoms with Gasteiger partial charge in [-0.2, -0.15) is 5.10 Å². The van der Waals surface area contributed by atoms with Crippen LogP contribution in [0, 0.1) is 6.92 Å². The van der Waals surface area contributed by atoms with Gasteiger partial charge in [-0.3, -0.25) is 5.10 Å². The van der Waals surface area contributed by atoms with Crippen LogP contribution in [0.1, 0.15) is 17.1 Å². The molecule has 0 saturated heterocycles. The first-order valence-electron chi connectivity index (χ1n) is 5.14. The second-order valence-corrected chi connectivity index (χ2v) is 3.87. The number of aryl methyl sites for hydroxylation is 1. The highest BCUT2D eigenvalue weighted by molar-refractivity contribution is 5.51. The Morgan fingerprint density at radius 2 is 2.33 bits per heavy atom. The molecule has 1 aliphatic heterocycles. The van der Waals surface area contributed by atoms with E-state index in [0.29, 0.717) is 0 Å². The number of fused-ring (bicyclic) bond motifs is 1. The van der Waals surface area contributed by atoms with E-state index >= 15 is 0 Å². The second-order valence-electron chi connectivity index (χ2n) is 3.87. The van der Waals surface area contributed by atoms with Crippen molar-refractivity contribution >= 4 is 0 Å². The summed E-state index contributed by atoms with van der Waals surface area (Å²) >= 11 is 0. The molecule has 1 aliphatic rings. The van der Waals surface area contributed by atoms with E-state index in [9.17, 15) is 0 Å². The summed E-state index contributed by atoms with van der Waals surface area (Å²) in [5, 5.41) is 10.4. The summed E-state index contributed by atoms with van der Waals surface area (Å²) in [5.74, 6) is 0.869. The summed E-state index contributed by atoms with van der Waals surface area (Å²) in [7, 11) is 0. The Kier molecular flexibility index (Phi) is 1.85. The lowest BCUT2D eigenvalue weighted by molar-refractivity contribution is 0.627. The summed E-state index contributed by atoms with van der Waals surface area (Å²) in [4.78, 5) is 7.86. The molecular formula is C10H13N5. The molecule has 5 heteroatoms. The number of nitrogens with one attached hydrogen (secondary N) is 3. The predicted molar refractivity (Wildman–Crippen MR) is 56.3 cm³/mol. The molecule has 2 aromatic heterocycles. The van der Waals surface area contributed by atoms with Crippen LogP contribution in [0.15, 0.2) is 6.07 Å².